The number of nitrogens with zero attached hydrogens (tertiary/aromatic N) is 5. The van der Waals surface area contributed by atoms with Crippen molar-refractivity contribution in [3.05, 3.63) is 86.8 Å². The second-order valence-electron chi connectivity index (χ2n) is 9.85. The molecule has 2 N–H and O–H groups in total. The van der Waals surface area contributed by atoms with E-state index in [1.165, 1.54) is 6.33 Å². The molecule has 0 spiro atoms. The SMILES string of the molecule is O=C(c1cc(N2CCC(c3nc4ccccc4c4[nH]c(=O)[nH]c34)CC2)ncn1)N1CCc2cc(Br)ccc21. The van der Waals surface area contributed by atoms with Crippen LogP contribution in [0.3, 0.4) is 0 Å². The second-order valence-corrected chi connectivity index (χ2v) is 10.8. The van der Waals surface area contributed by atoms with Gasteiger partial charge in [-0.2, -0.15) is 0 Å². The molecule has 5 heterocycles. The number of benzene rings is 2. The van der Waals surface area contributed by atoms with E-state index in [-0.39, 0.29) is 17.5 Å². The number of carbonyl (C=O) groups is 1. The van der Waals surface area contributed by atoms with Gasteiger partial charge >= 0.3 is 5.69 Å². The lowest BCUT2D eigenvalue weighted by molar-refractivity contribution is 0.0984. The van der Waals surface area contributed by atoms with Crippen molar-refractivity contribution in [1.29, 1.82) is 0 Å². The van der Waals surface area contributed by atoms with Gasteiger partial charge in [0.05, 0.1) is 22.2 Å². The lowest BCUT2D eigenvalue weighted by atomic mass is 9.91. The first kappa shape index (κ1) is 23.1. The number of nitrogens with one attached hydrogen (secondary N) is 2. The van der Waals surface area contributed by atoms with E-state index in [4.69, 9.17) is 4.98 Å². The van der Waals surface area contributed by atoms with Crippen molar-refractivity contribution in [2.75, 3.05) is 29.4 Å². The molecule has 38 heavy (non-hydrogen) atoms. The Bertz CT molecular complexity index is 1770. The van der Waals surface area contributed by atoms with Crippen LogP contribution in [0.15, 0.2) is 64.1 Å². The highest BCUT2D eigenvalue weighted by Gasteiger charge is 2.29. The van der Waals surface area contributed by atoms with Crippen LogP contribution >= 0.6 is 15.9 Å². The highest BCUT2D eigenvalue weighted by atomic mass is 79.9. The predicted octanol–water partition coefficient (Wildman–Crippen LogP) is 4.54. The number of anilines is 2. The Morgan fingerprint density at radius 2 is 1.79 bits per heavy atom. The van der Waals surface area contributed by atoms with E-state index in [9.17, 15) is 9.59 Å². The predicted molar refractivity (Wildman–Crippen MR) is 150 cm³/mol. The van der Waals surface area contributed by atoms with Gasteiger partial charge in [-0.25, -0.2) is 14.8 Å². The number of pyridine rings is 1. The zero-order valence-electron chi connectivity index (χ0n) is 20.4. The third-order valence-electron chi connectivity index (χ3n) is 7.66. The Morgan fingerprint density at radius 3 is 2.66 bits per heavy atom. The number of piperidine rings is 1. The van der Waals surface area contributed by atoms with Crippen LogP contribution in [0.5, 0.6) is 0 Å². The fourth-order valence-electron chi connectivity index (χ4n) is 5.78. The van der Waals surface area contributed by atoms with Gasteiger partial charge in [-0.1, -0.05) is 34.1 Å². The Labute approximate surface area is 226 Å². The van der Waals surface area contributed by atoms with Gasteiger partial charge in [0.2, 0.25) is 0 Å². The van der Waals surface area contributed by atoms with Crippen molar-refractivity contribution in [3.63, 3.8) is 0 Å². The van der Waals surface area contributed by atoms with Gasteiger partial charge in [0.15, 0.2) is 0 Å². The van der Waals surface area contributed by atoms with E-state index in [2.05, 4.69) is 46.8 Å². The summed E-state index contributed by atoms with van der Waals surface area (Å²) in [4.78, 5) is 49.2. The number of halogens is 1. The minimum absolute atomic E-state index is 0.108. The van der Waals surface area contributed by atoms with Crippen LogP contribution in [0.1, 0.15) is 40.5 Å². The lowest BCUT2D eigenvalue weighted by Gasteiger charge is -2.32. The average molecular weight is 570 g/mol. The molecule has 1 fully saturated rings. The summed E-state index contributed by atoms with van der Waals surface area (Å²) in [5, 5.41) is 0.938. The van der Waals surface area contributed by atoms with E-state index in [1.807, 2.05) is 36.4 Å². The number of H-pyrrole nitrogens is 2. The second kappa shape index (κ2) is 9.05. The fraction of sp³-hybridized carbons (Fsp3) is 0.250. The number of aromatic nitrogens is 5. The maximum Gasteiger partial charge on any atom is 0.323 e. The summed E-state index contributed by atoms with van der Waals surface area (Å²) < 4.78 is 1.01. The molecule has 3 aromatic heterocycles. The van der Waals surface area contributed by atoms with Gasteiger partial charge in [0, 0.05) is 47.2 Å². The van der Waals surface area contributed by atoms with E-state index >= 15 is 0 Å². The maximum absolute atomic E-state index is 13.4. The number of hydrogen-bond donors (Lipinski definition) is 2. The number of rotatable bonds is 3. The molecule has 0 radical (unpaired) electrons. The first-order chi connectivity index (χ1) is 18.5. The summed E-state index contributed by atoms with van der Waals surface area (Å²) >= 11 is 3.51. The Kier molecular flexibility index (Phi) is 5.50. The van der Waals surface area contributed by atoms with Crippen LogP contribution in [0.2, 0.25) is 0 Å². The van der Waals surface area contributed by atoms with Crippen molar-refractivity contribution in [2.45, 2.75) is 25.2 Å². The normalized spacial score (nSPS) is 15.9. The summed E-state index contributed by atoms with van der Waals surface area (Å²) in [6.07, 6.45) is 4.02. The molecular weight excluding hydrogens is 546 g/mol. The summed E-state index contributed by atoms with van der Waals surface area (Å²) in [6.45, 7) is 2.17. The third-order valence-corrected chi connectivity index (χ3v) is 8.15. The van der Waals surface area contributed by atoms with Crippen molar-refractivity contribution in [1.82, 2.24) is 24.9 Å². The van der Waals surface area contributed by atoms with Gasteiger partial charge in [-0.3, -0.25) is 9.78 Å². The third kappa shape index (κ3) is 3.87. The van der Waals surface area contributed by atoms with Crippen LogP contribution in [0, 0.1) is 0 Å². The van der Waals surface area contributed by atoms with E-state index in [0.717, 1.165) is 81.5 Å². The Hall–Kier alpha value is -4.05. The highest BCUT2D eigenvalue weighted by Crippen LogP contribution is 2.35. The van der Waals surface area contributed by atoms with Crippen LogP contribution in [0.25, 0.3) is 21.9 Å². The number of imidazole rings is 1. The molecule has 7 rings (SSSR count). The molecule has 2 aliphatic rings. The molecule has 190 valence electrons. The number of aromatic amines is 2. The maximum atomic E-state index is 13.4. The van der Waals surface area contributed by atoms with Crippen LogP contribution < -0.4 is 15.5 Å². The molecule has 2 aliphatic heterocycles. The summed E-state index contributed by atoms with van der Waals surface area (Å²) in [6, 6.07) is 15.7. The summed E-state index contributed by atoms with van der Waals surface area (Å²) in [5.74, 6) is 0.848. The molecule has 2 aromatic carbocycles. The smallest absolute Gasteiger partial charge is 0.323 e. The van der Waals surface area contributed by atoms with Crippen molar-refractivity contribution in [3.8, 4) is 0 Å². The molecule has 5 aromatic rings. The zero-order chi connectivity index (χ0) is 25.8. The first-order valence-electron chi connectivity index (χ1n) is 12.7. The lowest BCUT2D eigenvalue weighted by Crippen LogP contribution is -2.34. The van der Waals surface area contributed by atoms with Crippen molar-refractivity contribution >= 4 is 55.3 Å². The monoisotopic (exact) mass is 569 g/mol. The van der Waals surface area contributed by atoms with E-state index in [0.29, 0.717) is 12.2 Å². The number of fused-ring (bicyclic) bond motifs is 4. The molecule has 1 saturated heterocycles. The minimum Gasteiger partial charge on any atom is -0.356 e. The van der Waals surface area contributed by atoms with Crippen LogP contribution in [-0.2, 0) is 6.42 Å². The zero-order valence-corrected chi connectivity index (χ0v) is 22.0. The molecule has 0 aliphatic carbocycles. The Balaban J connectivity index is 1.12. The van der Waals surface area contributed by atoms with Crippen LogP contribution in [-0.4, -0.2) is 50.5 Å². The fourth-order valence-corrected chi connectivity index (χ4v) is 6.19. The number of para-hydroxylation sites is 1. The van der Waals surface area contributed by atoms with Crippen molar-refractivity contribution in [2.24, 2.45) is 0 Å². The minimum atomic E-state index is -0.219. The van der Waals surface area contributed by atoms with Crippen molar-refractivity contribution < 1.29 is 4.79 Å². The van der Waals surface area contributed by atoms with E-state index < -0.39 is 0 Å². The van der Waals surface area contributed by atoms with Gasteiger partial charge < -0.3 is 19.8 Å². The number of hydrogen-bond acceptors (Lipinski definition) is 6. The highest BCUT2D eigenvalue weighted by molar-refractivity contribution is 9.10. The number of amides is 1. The standard InChI is InChI=1S/C28H24BrN7O2/c29-18-5-6-22-17(13-18)9-12-36(22)27(37)21-14-23(31-15-30-21)35-10-7-16(8-11-35)24-26-25(33-28(38)34-26)19-3-1-2-4-20(19)32-24/h1-6,13-16H,7-12H2,(H2,33,34,38). The van der Waals surface area contributed by atoms with E-state index in [1.54, 1.807) is 11.0 Å². The Morgan fingerprint density at radius 1 is 0.974 bits per heavy atom. The number of carbonyl (C=O) groups excluding carboxylic acids is 1. The topological polar surface area (TPSA) is 111 Å². The van der Waals surface area contributed by atoms with Gasteiger partial charge in [0.25, 0.3) is 5.91 Å². The quantitative estimate of drug-likeness (QED) is 0.330. The largest absolute Gasteiger partial charge is 0.356 e. The molecule has 0 saturated carbocycles. The average Bonchev–Trinajstić information content (AvgIpc) is 3.55. The molecule has 1 amide bonds. The summed E-state index contributed by atoms with van der Waals surface area (Å²) in [5.41, 5.74) is 5.68. The molecule has 0 unspecified atom stereocenters. The van der Waals surface area contributed by atoms with Gasteiger partial charge in [-0.05, 0) is 49.1 Å². The van der Waals surface area contributed by atoms with Gasteiger partial charge in [0.1, 0.15) is 17.8 Å². The first-order valence-corrected chi connectivity index (χ1v) is 13.5. The molecular formula is C28H24BrN7O2. The molecule has 0 atom stereocenters. The molecule has 9 nitrogen and oxygen atoms in total. The van der Waals surface area contributed by atoms with Gasteiger partial charge in [-0.15, -0.1) is 0 Å². The molecule has 10 heteroatoms. The summed E-state index contributed by atoms with van der Waals surface area (Å²) in [7, 11) is 0. The van der Waals surface area contributed by atoms with Crippen LogP contribution in [0.4, 0.5) is 11.5 Å². The molecule has 0 bridgehead atoms.